The second kappa shape index (κ2) is 6.52. The number of amides is 2. The fourth-order valence-corrected chi connectivity index (χ4v) is 2.41. The molecule has 1 saturated carbocycles. The second-order valence-corrected chi connectivity index (χ2v) is 5.73. The first-order valence-corrected chi connectivity index (χ1v) is 7.65. The molecule has 1 unspecified atom stereocenters. The average molecular weight is 309 g/mol. The highest BCUT2D eigenvalue weighted by atomic mass is 16.2. The Bertz CT molecular complexity index is 711. The first kappa shape index (κ1) is 15.1. The molecule has 0 aromatic heterocycles. The summed E-state index contributed by atoms with van der Waals surface area (Å²) in [5, 5.41) is 6.02. The molecule has 5 nitrogen and oxygen atoms in total. The van der Waals surface area contributed by atoms with Crippen LogP contribution in [0, 0.1) is 5.92 Å². The minimum atomic E-state index is -0.620. The molecule has 1 fully saturated rings. The third kappa shape index (κ3) is 3.88. The van der Waals surface area contributed by atoms with Gasteiger partial charge < -0.3 is 16.4 Å². The molecule has 118 valence electrons. The van der Waals surface area contributed by atoms with Crippen LogP contribution < -0.4 is 16.4 Å². The Hall–Kier alpha value is -2.82. The summed E-state index contributed by atoms with van der Waals surface area (Å²) in [5.74, 6) is -0.255. The Labute approximate surface area is 134 Å². The molecule has 4 N–H and O–H groups in total. The Morgan fingerprint density at radius 1 is 1.00 bits per heavy atom. The molecule has 0 radical (unpaired) electrons. The zero-order chi connectivity index (χ0) is 16.2. The lowest BCUT2D eigenvalue weighted by atomic mass is 10.1. The van der Waals surface area contributed by atoms with Gasteiger partial charge in [-0.05, 0) is 36.6 Å². The van der Waals surface area contributed by atoms with Gasteiger partial charge in [0.25, 0.3) is 0 Å². The van der Waals surface area contributed by atoms with Gasteiger partial charge in [-0.25, -0.2) is 0 Å². The topological polar surface area (TPSA) is 84.2 Å². The van der Waals surface area contributed by atoms with Gasteiger partial charge in [-0.15, -0.1) is 0 Å². The van der Waals surface area contributed by atoms with Crippen molar-refractivity contribution in [2.24, 2.45) is 11.7 Å². The fourth-order valence-electron chi connectivity index (χ4n) is 2.41. The van der Waals surface area contributed by atoms with E-state index in [1.165, 1.54) is 0 Å². The monoisotopic (exact) mass is 309 g/mol. The van der Waals surface area contributed by atoms with E-state index < -0.39 is 11.9 Å². The zero-order valence-corrected chi connectivity index (χ0v) is 12.7. The fraction of sp³-hybridized carbons (Fsp3) is 0.222. The molecule has 0 heterocycles. The SMILES string of the molecule is NC(=O)C(Nc1cccc(NC(=O)C2CC2)c1)c1ccccc1. The number of nitrogens with two attached hydrogens (primary N) is 1. The molecule has 0 bridgehead atoms. The first-order chi connectivity index (χ1) is 11.1. The number of hydrogen-bond acceptors (Lipinski definition) is 3. The van der Waals surface area contributed by atoms with Crippen LogP contribution in [0.1, 0.15) is 24.4 Å². The largest absolute Gasteiger partial charge is 0.370 e. The Morgan fingerprint density at radius 3 is 2.35 bits per heavy atom. The minimum absolute atomic E-state index is 0.0525. The molecule has 23 heavy (non-hydrogen) atoms. The van der Waals surface area contributed by atoms with Gasteiger partial charge in [0.15, 0.2) is 0 Å². The van der Waals surface area contributed by atoms with Crippen LogP contribution in [0.4, 0.5) is 11.4 Å². The van der Waals surface area contributed by atoms with Crippen LogP contribution >= 0.6 is 0 Å². The summed E-state index contributed by atoms with van der Waals surface area (Å²) >= 11 is 0. The smallest absolute Gasteiger partial charge is 0.244 e. The summed E-state index contributed by atoms with van der Waals surface area (Å²) in [6.45, 7) is 0. The van der Waals surface area contributed by atoms with Crippen LogP contribution in [-0.2, 0) is 9.59 Å². The summed E-state index contributed by atoms with van der Waals surface area (Å²) in [5.41, 5.74) is 7.75. The minimum Gasteiger partial charge on any atom is -0.370 e. The predicted molar refractivity (Wildman–Crippen MR) is 89.8 cm³/mol. The maximum Gasteiger partial charge on any atom is 0.244 e. The van der Waals surface area contributed by atoms with E-state index in [0.717, 1.165) is 24.1 Å². The van der Waals surface area contributed by atoms with Gasteiger partial charge in [0.1, 0.15) is 6.04 Å². The van der Waals surface area contributed by atoms with Crippen molar-refractivity contribution >= 4 is 23.2 Å². The number of primary amides is 1. The normalized spacial score (nSPS) is 14.8. The van der Waals surface area contributed by atoms with Crippen molar-refractivity contribution in [1.29, 1.82) is 0 Å². The third-order valence-corrected chi connectivity index (χ3v) is 3.81. The van der Waals surface area contributed by atoms with Gasteiger partial charge >= 0.3 is 0 Å². The lowest BCUT2D eigenvalue weighted by Gasteiger charge is -2.18. The molecular weight excluding hydrogens is 290 g/mol. The van der Waals surface area contributed by atoms with E-state index in [0.29, 0.717) is 5.69 Å². The van der Waals surface area contributed by atoms with E-state index in [-0.39, 0.29) is 11.8 Å². The quantitative estimate of drug-likeness (QED) is 0.767. The third-order valence-electron chi connectivity index (χ3n) is 3.81. The van der Waals surface area contributed by atoms with E-state index in [9.17, 15) is 9.59 Å². The van der Waals surface area contributed by atoms with Gasteiger partial charge in [-0.3, -0.25) is 9.59 Å². The number of benzene rings is 2. The lowest BCUT2D eigenvalue weighted by Crippen LogP contribution is -2.27. The summed E-state index contributed by atoms with van der Waals surface area (Å²) in [6, 6.07) is 16.0. The molecule has 2 amide bonds. The van der Waals surface area contributed by atoms with Crippen LogP contribution in [0.15, 0.2) is 54.6 Å². The van der Waals surface area contributed by atoms with Crippen molar-refractivity contribution in [3.63, 3.8) is 0 Å². The summed E-state index contributed by atoms with van der Waals surface area (Å²) in [6.07, 6.45) is 1.92. The van der Waals surface area contributed by atoms with Crippen LogP contribution in [-0.4, -0.2) is 11.8 Å². The van der Waals surface area contributed by atoms with Crippen molar-refractivity contribution in [3.8, 4) is 0 Å². The van der Waals surface area contributed by atoms with Crippen LogP contribution in [0.2, 0.25) is 0 Å². The number of hydrogen-bond donors (Lipinski definition) is 3. The zero-order valence-electron chi connectivity index (χ0n) is 12.7. The lowest BCUT2D eigenvalue weighted by molar-refractivity contribution is -0.119. The van der Waals surface area contributed by atoms with Gasteiger partial charge in [-0.1, -0.05) is 36.4 Å². The molecule has 0 spiro atoms. The molecule has 1 atom stereocenters. The summed E-state index contributed by atoms with van der Waals surface area (Å²) in [4.78, 5) is 23.6. The Balaban J connectivity index is 1.75. The van der Waals surface area contributed by atoms with Crippen LogP contribution in [0.25, 0.3) is 0 Å². The highest BCUT2D eigenvalue weighted by Gasteiger charge is 2.29. The maximum atomic E-state index is 11.8. The van der Waals surface area contributed by atoms with E-state index in [1.807, 2.05) is 48.5 Å². The average Bonchev–Trinajstić information content (AvgIpc) is 3.38. The van der Waals surface area contributed by atoms with Crippen molar-refractivity contribution < 1.29 is 9.59 Å². The second-order valence-electron chi connectivity index (χ2n) is 5.73. The summed E-state index contributed by atoms with van der Waals surface area (Å²) < 4.78 is 0. The molecule has 0 saturated heterocycles. The predicted octanol–water partition coefficient (Wildman–Crippen LogP) is 2.67. The Morgan fingerprint density at radius 2 is 1.70 bits per heavy atom. The molecule has 5 heteroatoms. The van der Waals surface area contributed by atoms with E-state index in [2.05, 4.69) is 10.6 Å². The molecule has 2 aromatic carbocycles. The van der Waals surface area contributed by atoms with Crippen molar-refractivity contribution in [1.82, 2.24) is 0 Å². The van der Waals surface area contributed by atoms with Crippen molar-refractivity contribution in [2.75, 3.05) is 10.6 Å². The molecular formula is C18H19N3O2. The van der Waals surface area contributed by atoms with Crippen molar-refractivity contribution in [2.45, 2.75) is 18.9 Å². The summed E-state index contributed by atoms with van der Waals surface area (Å²) in [7, 11) is 0. The first-order valence-electron chi connectivity index (χ1n) is 7.65. The van der Waals surface area contributed by atoms with Gasteiger partial charge in [0, 0.05) is 17.3 Å². The molecule has 0 aliphatic heterocycles. The molecule has 1 aliphatic rings. The number of carbonyl (C=O) groups is 2. The van der Waals surface area contributed by atoms with Gasteiger partial charge in [0.2, 0.25) is 11.8 Å². The number of anilines is 2. The van der Waals surface area contributed by atoms with Gasteiger partial charge in [-0.2, -0.15) is 0 Å². The number of carbonyl (C=O) groups excluding carboxylic acids is 2. The molecule has 2 aromatic rings. The molecule has 1 aliphatic carbocycles. The van der Waals surface area contributed by atoms with E-state index >= 15 is 0 Å². The Kier molecular flexibility index (Phi) is 4.28. The van der Waals surface area contributed by atoms with Crippen LogP contribution in [0.3, 0.4) is 0 Å². The highest BCUT2D eigenvalue weighted by Crippen LogP contribution is 2.30. The van der Waals surface area contributed by atoms with Crippen molar-refractivity contribution in [3.05, 3.63) is 60.2 Å². The molecule has 3 rings (SSSR count). The number of rotatable bonds is 6. The standard InChI is InChI=1S/C18H19N3O2/c19-17(22)16(12-5-2-1-3-6-12)20-14-7-4-8-15(11-14)21-18(23)13-9-10-13/h1-8,11,13,16,20H,9-10H2,(H2,19,22)(H,21,23). The van der Waals surface area contributed by atoms with E-state index in [4.69, 9.17) is 5.73 Å². The maximum absolute atomic E-state index is 11.8. The number of nitrogens with one attached hydrogen (secondary N) is 2. The highest BCUT2D eigenvalue weighted by molar-refractivity contribution is 5.94. The van der Waals surface area contributed by atoms with E-state index in [1.54, 1.807) is 6.07 Å². The van der Waals surface area contributed by atoms with Crippen LogP contribution in [0.5, 0.6) is 0 Å². The van der Waals surface area contributed by atoms with Gasteiger partial charge in [0.05, 0.1) is 0 Å².